The van der Waals surface area contributed by atoms with Gasteiger partial charge in [0.2, 0.25) is 0 Å². The molecule has 2 aromatic carbocycles. The van der Waals surface area contributed by atoms with Crippen molar-refractivity contribution in [2.24, 2.45) is 0 Å². The van der Waals surface area contributed by atoms with Crippen LogP contribution in [-0.4, -0.2) is 11.2 Å². The van der Waals surface area contributed by atoms with E-state index in [1.165, 1.54) is 11.1 Å². The first-order valence-corrected chi connectivity index (χ1v) is 7.36. The molecule has 2 rings (SSSR count). The highest BCUT2D eigenvalue weighted by atomic mass is 16.3. The highest BCUT2D eigenvalue weighted by molar-refractivity contribution is 5.49. The van der Waals surface area contributed by atoms with Crippen LogP contribution in [0.2, 0.25) is 0 Å². The number of benzene rings is 2. The van der Waals surface area contributed by atoms with Gasteiger partial charge >= 0.3 is 0 Å². The van der Waals surface area contributed by atoms with E-state index < -0.39 is 6.10 Å². The highest BCUT2D eigenvalue weighted by Gasteiger charge is 1.98. The number of aliphatic hydroxyl groups is 1. The molecule has 1 unspecified atom stereocenters. The van der Waals surface area contributed by atoms with Gasteiger partial charge in [-0.05, 0) is 30.9 Å². The molecule has 0 aliphatic carbocycles. The summed E-state index contributed by atoms with van der Waals surface area (Å²) in [5, 5.41) is 10.0. The first-order valence-electron chi connectivity index (χ1n) is 7.36. The van der Waals surface area contributed by atoms with Crippen molar-refractivity contribution in [1.29, 1.82) is 0 Å². The lowest BCUT2D eigenvalue weighted by molar-refractivity contribution is 0.271. The van der Waals surface area contributed by atoms with Crippen LogP contribution in [0.15, 0.2) is 78.4 Å². The van der Waals surface area contributed by atoms with Gasteiger partial charge < -0.3 is 5.11 Å². The normalized spacial score (nSPS) is 13.5. The SMILES string of the molecule is C/C(=C\C(O)/C=C/c1ccccc1)CCc1ccccc1. The zero-order valence-corrected chi connectivity index (χ0v) is 12.4. The minimum Gasteiger partial charge on any atom is -0.385 e. The van der Waals surface area contributed by atoms with Gasteiger partial charge in [0, 0.05) is 0 Å². The summed E-state index contributed by atoms with van der Waals surface area (Å²) in [6.45, 7) is 2.07. The Morgan fingerprint density at radius 2 is 1.62 bits per heavy atom. The monoisotopic (exact) mass is 278 g/mol. The fraction of sp³-hybridized carbons (Fsp3) is 0.200. The second-order valence-corrected chi connectivity index (χ2v) is 5.26. The molecule has 0 saturated heterocycles. The van der Waals surface area contributed by atoms with Crippen molar-refractivity contribution < 1.29 is 5.11 Å². The van der Waals surface area contributed by atoms with E-state index in [-0.39, 0.29) is 0 Å². The Hall–Kier alpha value is -2.12. The average Bonchev–Trinajstić information content (AvgIpc) is 2.53. The molecule has 0 aromatic heterocycles. The summed E-state index contributed by atoms with van der Waals surface area (Å²) in [6, 6.07) is 20.5. The third-order valence-electron chi connectivity index (χ3n) is 3.39. The molecule has 0 saturated carbocycles. The third kappa shape index (κ3) is 5.80. The van der Waals surface area contributed by atoms with Crippen LogP contribution in [-0.2, 0) is 6.42 Å². The lowest BCUT2D eigenvalue weighted by atomic mass is 10.0. The van der Waals surface area contributed by atoms with E-state index in [1.54, 1.807) is 0 Å². The van der Waals surface area contributed by atoms with Gasteiger partial charge in [0.1, 0.15) is 0 Å². The molecule has 0 heterocycles. The Balaban J connectivity index is 1.85. The van der Waals surface area contributed by atoms with Gasteiger partial charge in [0.05, 0.1) is 6.10 Å². The molecule has 0 spiro atoms. The zero-order valence-electron chi connectivity index (χ0n) is 12.4. The minimum atomic E-state index is -0.527. The van der Waals surface area contributed by atoms with Crippen LogP contribution >= 0.6 is 0 Å². The van der Waals surface area contributed by atoms with Crippen molar-refractivity contribution in [1.82, 2.24) is 0 Å². The van der Waals surface area contributed by atoms with Crippen molar-refractivity contribution in [3.05, 3.63) is 89.5 Å². The summed E-state index contributed by atoms with van der Waals surface area (Å²) in [5.41, 5.74) is 3.65. The van der Waals surface area contributed by atoms with E-state index in [2.05, 4.69) is 31.2 Å². The van der Waals surface area contributed by atoms with Gasteiger partial charge in [-0.25, -0.2) is 0 Å². The van der Waals surface area contributed by atoms with Crippen LogP contribution in [0.3, 0.4) is 0 Å². The molecule has 0 radical (unpaired) electrons. The topological polar surface area (TPSA) is 20.2 Å². The Labute approximate surface area is 127 Å². The van der Waals surface area contributed by atoms with Gasteiger partial charge in [0.25, 0.3) is 0 Å². The first-order chi connectivity index (χ1) is 10.2. The molecule has 0 amide bonds. The van der Waals surface area contributed by atoms with Crippen molar-refractivity contribution in [3.63, 3.8) is 0 Å². The van der Waals surface area contributed by atoms with Crippen molar-refractivity contribution in [3.8, 4) is 0 Å². The van der Waals surface area contributed by atoms with Crippen molar-refractivity contribution in [2.75, 3.05) is 0 Å². The predicted molar refractivity (Wildman–Crippen MR) is 90.0 cm³/mol. The number of hydrogen-bond acceptors (Lipinski definition) is 1. The third-order valence-corrected chi connectivity index (χ3v) is 3.39. The van der Waals surface area contributed by atoms with Crippen LogP contribution in [0.5, 0.6) is 0 Å². The Morgan fingerprint density at radius 1 is 1.00 bits per heavy atom. The van der Waals surface area contributed by atoms with Crippen LogP contribution in [0.25, 0.3) is 6.08 Å². The second kappa shape index (κ2) is 8.23. The molecule has 0 aliphatic heterocycles. The number of aliphatic hydroxyl groups excluding tert-OH is 1. The minimum absolute atomic E-state index is 0.527. The van der Waals surface area contributed by atoms with Crippen LogP contribution in [0.4, 0.5) is 0 Å². The summed E-state index contributed by atoms with van der Waals surface area (Å²) in [6.07, 6.45) is 7.15. The number of aryl methyl sites for hydroxylation is 1. The van der Waals surface area contributed by atoms with Gasteiger partial charge in [-0.3, -0.25) is 0 Å². The standard InChI is InChI=1S/C20H22O/c1-17(12-13-18-8-4-2-5-9-18)16-20(21)15-14-19-10-6-3-7-11-19/h2-11,14-16,20-21H,12-13H2,1H3/b15-14+,17-16+. The number of rotatable bonds is 6. The van der Waals surface area contributed by atoms with E-state index in [0.29, 0.717) is 0 Å². The summed E-state index contributed by atoms with van der Waals surface area (Å²) in [4.78, 5) is 0. The zero-order chi connectivity index (χ0) is 14.9. The smallest absolute Gasteiger partial charge is 0.0908 e. The molecule has 2 aromatic rings. The van der Waals surface area contributed by atoms with Crippen LogP contribution in [0, 0.1) is 0 Å². The lowest BCUT2D eigenvalue weighted by Gasteiger charge is -2.05. The quantitative estimate of drug-likeness (QED) is 0.763. The maximum Gasteiger partial charge on any atom is 0.0908 e. The van der Waals surface area contributed by atoms with E-state index in [9.17, 15) is 5.11 Å². The van der Waals surface area contributed by atoms with Gasteiger partial charge in [-0.1, -0.05) is 84.5 Å². The molecule has 0 bridgehead atoms. The molecular weight excluding hydrogens is 256 g/mol. The fourth-order valence-corrected chi connectivity index (χ4v) is 2.19. The fourth-order valence-electron chi connectivity index (χ4n) is 2.19. The molecule has 0 fully saturated rings. The van der Waals surface area contributed by atoms with Gasteiger partial charge in [-0.15, -0.1) is 0 Å². The number of hydrogen-bond donors (Lipinski definition) is 1. The first kappa shape index (κ1) is 15.3. The molecule has 1 nitrogen and oxygen atoms in total. The van der Waals surface area contributed by atoms with Gasteiger partial charge in [-0.2, -0.15) is 0 Å². The molecule has 0 aliphatic rings. The maximum absolute atomic E-state index is 10.0. The van der Waals surface area contributed by atoms with E-state index in [0.717, 1.165) is 18.4 Å². The second-order valence-electron chi connectivity index (χ2n) is 5.26. The maximum atomic E-state index is 10.0. The van der Waals surface area contributed by atoms with Gasteiger partial charge in [0.15, 0.2) is 0 Å². The molecule has 1 N–H and O–H groups in total. The molecule has 1 heteroatoms. The predicted octanol–water partition coefficient (Wildman–Crippen LogP) is 4.64. The molecule has 21 heavy (non-hydrogen) atoms. The summed E-state index contributed by atoms with van der Waals surface area (Å²) in [5.74, 6) is 0. The largest absolute Gasteiger partial charge is 0.385 e. The lowest BCUT2D eigenvalue weighted by Crippen LogP contribution is -1.98. The molecule has 108 valence electrons. The van der Waals surface area contributed by atoms with Crippen LogP contribution in [0.1, 0.15) is 24.5 Å². The van der Waals surface area contributed by atoms with E-state index in [1.807, 2.05) is 54.6 Å². The van der Waals surface area contributed by atoms with Crippen molar-refractivity contribution >= 4 is 6.08 Å². The highest BCUT2D eigenvalue weighted by Crippen LogP contribution is 2.10. The Bertz CT molecular complexity index is 582. The van der Waals surface area contributed by atoms with Crippen LogP contribution < -0.4 is 0 Å². The number of allylic oxidation sites excluding steroid dienone is 1. The van der Waals surface area contributed by atoms with E-state index in [4.69, 9.17) is 0 Å². The summed E-state index contributed by atoms with van der Waals surface area (Å²) >= 11 is 0. The Kier molecular flexibility index (Phi) is 5.99. The molecular formula is C20H22O. The van der Waals surface area contributed by atoms with Crippen molar-refractivity contribution in [2.45, 2.75) is 25.9 Å². The van der Waals surface area contributed by atoms with E-state index >= 15 is 0 Å². The Morgan fingerprint density at radius 3 is 2.29 bits per heavy atom. The summed E-state index contributed by atoms with van der Waals surface area (Å²) in [7, 11) is 0. The molecule has 1 atom stereocenters. The average molecular weight is 278 g/mol. The summed E-state index contributed by atoms with van der Waals surface area (Å²) < 4.78 is 0.